The summed E-state index contributed by atoms with van der Waals surface area (Å²) in [6, 6.07) is 6.85. The number of benzene rings is 1. The zero-order valence-corrected chi connectivity index (χ0v) is 14.4. The van der Waals surface area contributed by atoms with Crippen LogP contribution in [0, 0.1) is 5.82 Å². The van der Waals surface area contributed by atoms with E-state index in [0.29, 0.717) is 24.6 Å². The Balaban J connectivity index is 1.54. The van der Waals surface area contributed by atoms with Gasteiger partial charge in [-0.2, -0.15) is 0 Å². The molecule has 0 bridgehead atoms. The van der Waals surface area contributed by atoms with Crippen molar-refractivity contribution >= 4 is 5.96 Å². The first-order chi connectivity index (χ1) is 11.8. The van der Waals surface area contributed by atoms with E-state index in [-0.39, 0.29) is 5.82 Å². The number of nitrogens with zero attached hydrogens (tertiary/aromatic N) is 1. The molecule has 134 valence electrons. The summed E-state index contributed by atoms with van der Waals surface area (Å²) in [5.41, 5.74) is 0.713. The summed E-state index contributed by atoms with van der Waals surface area (Å²) in [4.78, 5) is 4.17. The van der Waals surface area contributed by atoms with Gasteiger partial charge < -0.3 is 20.1 Å². The normalized spacial score (nSPS) is 16.2. The van der Waals surface area contributed by atoms with Crippen molar-refractivity contribution in [3.8, 4) is 0 Å². The maximum atomic E-state index is 13.5. The first-order valence-electron chi connectivity index (χ1n) is 8.67. The van der Waals surface area contributed by atoms with Crippen molar-refractivity contribution in [1.82, 2.24) is 10.6 Å². The zero-order valence-electron chi connectivity index (χ0n) is 14.4. The maximum absolute atomic E-state index is 13.5. The number of hydrogen-bond donors (Lipinski definition) is 2. The fourth-order valence-electron chi connectivity index (χ4n) is 2.61. The van der Waals surface area contributed by atoms with Crippen LogP contribution in [0.4, 0.5) is 4.39 Å². The van der Waals surface area contributed by atoms with Gasteiger partial charge in [-0.15, -0.1) is 0 Å². The predicted octanol–water partition coefficient (Wildman–Crippen LogP) is 2.12. The predicted molar refractivity (Wildman–Crippen MR) is 93.9 cm³/mol. The van der Waals surface area contributed by atoms with Crippen molar-refractivity contribution < 1.29 is 13.9 Å². The molecule has 0 aromatic heterocycles. The Bertz CT molecular complexity index is 505. The topological polar surface area (TPSA) is 54.9 Å². The van der Waals surface area contributed by atoms with Crippen LogP contribution < -0.4 is 10.6 Å². The summed E-state index contributed by atoms with van der Waals surface area (Å²) in [5, 5.41) is 6.45. The molecule has 1 heterocycles. The van der Waals surface area contributed by atoms with Crippen molar-refractivity contribution in [2.24, 2.45) is 4.99 Å². The molecule has 1 aliphatic rings. The average Bonchev–Trinajstić information content (AvgIpc) is 2.62. The van der Waals surface area contributed by atoms with Crippen molar-refractivity contribution in [1.29, 1.82) is 0 Å². The van der Waals surface area contributed by atoms with Crippen molar-refractivity contribution in [3.63, 3.8) is 0 Å². The standard InChI is InChI=1S/C18H28FN3O2/c1-20-18(22-11-7-15-5-2-3-6-17(15)19)21-10-4-12-24-16-8-13-23-14-9-16/h2-3,5-6,16H,4,7-14H2,1H3,(H2,20,21,22). The SMILES string of the molecule is CN=C(NCCCOC1CCOCC1)NCCc1ccccc1F. The summed E-state index contributed by atoms with van der Waals surface area (Å²) < 4.78 is 24.7. The van der Waals surface area contributed by atoms with Gasteiger partial charge in [0.2, 0.25) is 0 Å². The Kier molecular flexibility index (Phi) is 8.55. The van der Waals surface area contributed by atoms with Crippen molar-refractivity contribution in [2.75, 3.05) is 40.0 Å². The Morgan fingerprint density at radius 2 is 2.00 bits per heavy atom. The van der Waals surface area contributed by atoms with Crippen LogP contribution in [0.1, 0.15) is 24.8 Å². The van der Waals surface area contributed by atoms with Gasteiger partial charge in [0.15, 0.2) is 5.96 Å². The van der Waals surface area contributed by atoms with Gasteiger partial charge in [0.1, 0.15) is 5.82 Å². The zero-order chi connectivity index (χ0) is 17.0. The number of hydrogen-bond acceptors (Lipinski definition) is 3. The van der Waals surface area contributed by atoms with Crippen LogP contribution in [0.25, 0.3) is 0 Å². The third-order valence-electron chi connectivity index (χ3n) is 4.00. The van der Waals surface area contributed by atoms with E-state index in [2.05, 4.69) is 15.6 Å². The molecule has 1 saturated heterocycles. The molecule has 2 rings (SSSR count). The van der Waals surface area contributed by atoms with Crippen LogP contribution >= 0.6 is 0 Å². The molecule has 6 heteroatoms. The summed E-state index contributed by atoms with van der Waals surface area (Å²) in [6.45, 7) is 3.79. The summed E-state index contributed by atoms with van der Waals surface area (Å²) in [6.07, 6.45) is 3.88. The van der Waals surface area contributed by atoms with E-state index < -0.39 is 0 Å². The van der Waals surface area contributed by atoms with Gasteiger partial charge >= 0.3 is 0 Å². The molecule has 1 aromatic carbocycles. The molecule has 5 nitrogen and oxygen atoms in total. The molecular weight excluding hydrogens is 309 g/mol. The Labute approximate surface area is 143 Å². The van der Waals surface area contributed by atoms with E-state index in [1.807, 2.05) is 6.07 Å². The minimum absolute atomic E-state index is 0.160. The first kappa shape index (κ1) is 18.7. The lowest BCUT2D eigenvalue weighted by molar-refractivity contribution is -0.0320. The molecule has 1 fully saturated rings. The third kappa shape index (κ3) is 6.84. The first-order valence-corrected chi connectivity index (χ1v) is 8.67. The number of ether oxygens (including phenoxy) is 2. The summed E-state index contributed by atoms with van der Waals surface area (Å²) in [5.74, 6) is 0.574. The second kappa shape index (κ2) is 11.0. The summed E-state index contributed by atoms with van der Waals surface area (Å²) >= 11 is 0. The van der Waals surface area contributed by atoms with Crippen LogP contribution in [-0.2, 0) is 15.9 Å². The van der Waals surface area contributed by atoms with Crippen LogP contribution in [0.2, 0.25) is 0 Å². The van der Waals surface area contributed by atoms with E-state index in [1.54, 1.807) is 19.2 Å². The molecule has 0 aliphatic carbocycles. The highest BCUT2D eigenvalue weighted by molar-refractivity contribution is 5.79. The molecule has 1 aromatic rings. The van der Waals surface area contributed by atoms with E-state index in [4.69, 9.17) is 9.47 Å². The van der Waals surface area contributed by atoms with Crippen LogP contribution in [0.3, 0.4) is 0 Å². The molecule has 2 N–H and O–H groups in total. The van der Waals surface area contributed by atoms with Crippen LogP contribution in [-0.4, -0.2) is 52.0 Å². The number of aliphatic imine (C=N–C) groups is 1. The van der Waals surface area contributed by atoms with Gasteiger partial charge in [0, 0.05) is 40.0 Å². The lowest BCUT2D eigenvalue weighted by atomic mass is 10.1. The highest BCUT2D eigenvalue weighted by Gasteiger charge is 2.13. The fourth-order valence-corrected chi connectivity index (χ4v) is 2.61. The molecule has 24 heavy (non-hydrogen) atoms. The van der Waals surface area contributed by atoms with E-state index >= 15 is 0 Å². The Hall–Kier alpha value is -1.66. The quantitative estimate of drug-likeness (QED) is 0.433. The van der Waals surface area contributed by atoms with Gasteiger partial charge in [-0.3, -0.25) is 4.99 Å². The smallest absolute Gasteiger partial charge is 0.190 e. The lowest BCUT2D eigenvalue weighted by Gasteiger charge is -2.22. The second-order valence-corrected chi connectivity index (χ2v) is 5.80. The average molecular weight is 337 g/mol. The Morgan fingerprint density at radius 3 is 2.75 bits per heavy atom. The van der Waals surface area contributed by atoms with Crippen LogP contribution in [0.15, 0.2) is 29.3 Å². The highest BCUT2D eigenvalue weighted by atomic mass is 19.1. The molecule has 0 saturated carbocycles. The van der Waals surface area contributed by atoms with E-state index in [9.17, 15) is 4.39 Å². The second-order valence-electron chi connectivity index (χ2n) is 5.80. The minimum atomic E-state index is -0.160. The molecule has 1 aliphatic heterocycles. The molecule has 0 amide bonds. The van der Waals surface area contributed by atoms with E-state index in [0.717, 1.165) is 51.6 Å². The minimum Gasteiger partial charge on any atom is -0.381 e. The summed E-state index contributed by atoms with van der Waals surface area (Å²) in [7, 11) is 1.73. The molecule has 0 spiro atoms. The van der Waals surface area contributed by atoms with Crippen molar-refractivity contribution in [2.45, 2.75) is 31.8 Å². The van der Waals surface area contributed by atoms with Gasteiger partial charge in [0.25, 0.3) is 0 Å². The number of rotatable bonds is 8. The largest absolute Gasteiger partial charge is 0.381 e. The molecule has 0 unspecified atom stereocenters. The number of halogens is 1. The number of nitrogens with one attached hydrogen (secondary N) is 2. The fraction of sp³-hybridized carbons (Fsp3) is 0.611. The van der Waals surface area contributed by atoms with Crippen molar-refractivity contribution in [3.05, 3.63) is 35.6 Å². The Morgan fingerprint density at radius 1 is 1.25 bits per heavy atom. The van der Waals surface area contributed by atoms with Gasteiger partial charge in [-0.1, -0.05) is 18.2 Å². The van der Waals surface area contributed by atoms with Crippen LogP contribution in [0.5, 0.6) is 0 Å². The number of guanidine groups is 1. The van der Waals surface area contributed by atoms with E-state index in [1.165, 1.54) is 6.07 Å². The molecular formula is C18H28FN3O2. The lowest BCUT2D eigenvalue weighted by Crippen LogP contribution is -2.39. The third-order valence-corrected chi connectivity index (χ3v) is 4.00. The van der Waals surface area contributed by atoms with Gasteiger partial charge in [0.05, 0.1) is 6.10 Å². The molecule has 0 radical (unpaired) electrons. The van der Waals surface area contributed by atoms with Gasteiger partial charge in [-0.05, 0) is 37.3 Å². The molecule has 0 atom stereocenters. The monoisotopic (exact) mass is 337 g/mol. The highest BCUT2D eigenvalue weighted by Crippen LogP contribution is 2.10. The van der Waals surface area contributed by atoms with Gasteiger partial charge in [-0.25, -0.2) is 4.39 Å². The maximum Gasteiger partial charge on any atom is 0.190 e.